The number of hydrogen-bond donors (Lipinski definition) is 1. The fraction of sp³-hybridized carbons (Fsp3) is 0.450. The van der Waals surface area contributed by atoms with Gasteiger partial charge in [0, 0.05) is 18.3 Å². The maximum atomic E-state index is 5.91. The predicted octanol–water partition coefficient (Wildman–Crippen LogP) is 3.75. The highest BCUT2D eigenvalue weighted by Crippen LogP contribution is 2.29. The number of aromatic nitrogens is 1. The molecule has 2 aromatic rings. The van der Waals surface area contributed by atoms with Crippen LogP contribution >= 0.6 is 11.6 Å². The van der Waals surface area contributed by atoms with E-state index in [-0.39, 0.29) is 0 Å². The monoisotopic (exact) mass is 377 g/mol. The standard InChI is InChI=1S/C20H28ClN3O2/c1-4-25-19-12-16(13-22-10-5-11-24(2)3)6-8-18(19)26-15-17-7-9-20(21)23-14-17/h6-9,12,14,22H,4-5,10-11,13,15H2,1-3H3. The molecule has 26 heavy (non-hydrogen) atoms. The van der Waals surface area contributed by atoms with Crippen molar-refractivity contribution in [2.24, 2.45) is 0 Å². The second-order valence-electron chi connectivity index (χ2n) is 6.33. The third-order valence-corrected chi connectivity index (χ3v) is 4.00. The fourth-order valence-corrected chi connectivity index (χ4v) is 2.57. The highest BCUT2D eigenvalue weighted by atomic mass is 35.5. The average Bonchev–Trinajstić information content (AvgIpc) is 2.62. The summed E-state index contributed by atoms with van der Waals surface area (Å²) in [6, 6.07) is 9.73. The van der Waals surface area contributed by atoms with Crippen molar-refractivity contribution in [3.63, 3.8) is 0 Å². The van der Waals surface area contributed by atoms with Crippen molar-refractivity contribution in [1.82, 2.24) is 15.2 Å². The molecule has 0 fully saturated rings. The zero-order valence-electron chi connectivity index (χ0n) is 15.8. The molecule has 0 unspecified atom stereocenters. The molecule has 0 spiro atoms. The zero-order valence-corrected chi connectivity index (χ0v) is 16.6. The summed E-state index contributed by atoms with van der Waals surface area (Å²) in [5, 5.41) is 3.94. The summed E-state index contributed by atoms with van der Waals surface area (Å²) in [5.41, 5.74) is 2.14. The molecular weight excluding hydrogens is 350 g/mol. The summed E-state index contributed by atoms with van der Waals surface area (Å²) in [5.74, 6) is 1.50. The lowest BCUT2D eigenvalue weighted by Gasteiger charge is -2.14. The third-order valence-electron chi connectivity index (χ3n) is 3.78. The van der Waals surface area contributed by atoms with Gasteiger partial charge in [-0.25, -0.2) is 4.98 Å². The van der Waals surface area contributed by atoms with Crippen LogP contribution in [-0.4, -0.2) is 43.7 Å². The van der Waals surface area contributed by atoms with E-state index in [4.69, 9.17) is 21.1 Å². The van der Waals surface area contributed by atoms with Gasteiger partial charge in [-0.05, 0) is 64.3 Å². The summed E-state index contributed by atoms with van der Waals surface area (Å²) in [4.78, 5) is 6.26. The molecule has 0 aliphatic rings. The second-order valence-corrected chi connectivity index (χ2v) is 6.71. The topological polar surface area (TPSA) is 46.6 Å². The van der Waals surface area contributed by atoms with Gasteiger partial charge in [-0.15, -0.1) is 0 Å². The predicted molar refractivity (Wildman–Crippen MR) is 106 cm³/mol. The van der Waals surface area contributed by atoms with E-state index in [1.165, 1.54) is 5.56 Å². The van der Waals surface area contributed by atoms with E-state index in [2.05, 4.69) is 35.4 Å². The van der Waals surface area contributed by atoms with Crippen molar-refractivity contribution >= 4 is 11.6 Å². The smallest absolute Gasteiger partial charge is 0.161 e. The molecule has 0 saturated heterocycles. The molecule has 0 radical (unpaired) electrons. The van der Waals surface area contributed by atoms with E-state index in [0.717, 1.165) is 43.1 Å². The Morgan fingerprint density at radius 1 is 1.08 bits per heavy atom. The molecule has 0 amide bonds. The van der Waals surface area contributed by atoms with E-state index >= 15 is 0 Å². The molecule has 1 aromatic heterocycles. The van der Waals surface area contributed by atoms with Crippen LogP contribution in [0.25, 0.3) is 0 Å². The lowest BCUT2D eigenvalue weighted by Crippen LogP contribution is -2.21. The van der Waals surface area contributed by atoms with Gasteiger partial charge in [-0.1, -0.05) is 23.7 Å². The Morgan fingerprint density at radius 2 is 1.88 bits per heavy atom. The molecule has 0 aliphatic carbocycles. The Bertz CT molecular complexity index is 663. The number of hydrogen-bond acceptors (Lipinski definition) is 5. The van der Waals surface area contributed by atoms with Crippen LogP contribution in [0, 0.1) is 0 Å². The molecule has 5 nitrogen and oxygen atoms in total. The minimum atomic E-state index is 0.423. The summed E-state index contributed by atoms with van der Waals surface area (Å²) in [7, 11) is 4.18. The Balaban J connectivity index is 1.91. The molecule has 6 heteroatoms. The third kappa shape index (κ3) is 7.20. The van der Waals surface area contributed by atoms with Crippen LogP contribution in [0.3, 0.4) is 0 Å². The maximum absolute atomic E-state index is 5.91. The Kier molecular flexibility index (Phi) is 8.68. The van der Waals surface area contributed by atoms with Gasteiger partial charge in [0.2, 0.25) is 0 Å². The quantitative estimate of drug-likeness (QED) is 0.477. The van der Waals surface area contributed by atoms with Crippen molar-refractivity contribution < 1.29 is 9.47 Å². The van der Waals surface area contributed by atoms with E-state index in [1.54, 1.807) is 12.3 Å². The van der Waals surface area contributed by atoms with Crippen molar-refractivity contribution in [2.75, 3.05) is 33.8 Å². The molecule has 142 valence electrons. The first-order valence-corrected chi connectivity index (χ1v) is 9.30. The number of nitrogens with one attached hydrogen (secondary N) is 1. The van der Waals surface area contributed by atoms with Crippen molar-refractivity contribution in [3.8, 4) is 11.5 Å². The first-order chi connectivity index (χ1) is 12.6. The first-order valence-electron chi connectivity index (χ1n) is 8.93. The largest absolute Gasteiger partial charge is 0.490 e. The van der Waals surface area contributed by atoms with Crippen molar-refractivity contribution in [2.45, 2.75) is 26.5 Å². The van der Waals surface area contributed by atoms with Crippen LogP contribution in [-0.2, 0) is 13.2 Å². The minimum absolute atomic E-state index is 0.423. The summed E-state index contributed by atoms with van der Waals surface area (Å²) < 4.78 is 11.7. The molecule has 2 rings (SSSR count). The Labute approximate surface area is 161 Å². The van der Waals surface area contributed by atoms with Crippen molar-refractivity contribution in [1.29, 1.82) is 0 Å². The zero-order chi connectivity index (χ0) is 18.8. The van der Waals surface area contributed by atoms with Crippen LogP contribution in [0.1, 0.15) is 24.5 Å². The average molecular weight is 378 g/mol. The van der Waals surface area contributed by atoms with E-state index in [1.807, 2.05) is 25.1 Å². The molecule has 1 N–H and O–H groups in total. The van der Waals surface area contributed by atoms with Gasteiger partial charge >= 0.3 is 0 Å². The molecule has 0 aliphatic heterocycles. The molecular formula is C20H28ClN3O2. The van der Waals surface area contributed by atoms with Gasteiger partial charge in [-0.2, -0.15) is 0 Å². The number of nitrogens with zero attached hydrogens (tertiary/aromatic N) is 2. The molecule has 0 atom stereocenters. The summed E-state index contributed by atoms with van der Waals surface area (Å²) in [6.07, 6.45) is 2.84. The summed E-state index contributed by atoms with van der Waals surface area (Å²) in [6.45, 7) is 5.88. The molecule has 1 heterocycles. The maximum Gasteiger partial charge on any atom is 0.161 e. The lowest BCUT2D eigenvalue weighted by atomic mass is 10.2. The normalized spacial score (nSPS) is 11.0. The van der Waals surface area contributed by atoms with E-state index in [9.17, 15) is 0 Å². The first kappa shape index (κ1) is 20.5. The van der Waals surface area contributed by atoms with Gasteiger partial charge in [0.15, 0.2) is 11.5 Å². The van der Waals surface area contributed by atoms with Gasteiger partial charge in [0.1, 0.15) is 11.8 Å². The van der Waals surface area contributed by atoms with E-state index < -0.39 is 0 Å². The second kappa shape index (κ2) is 11.0. The summed E-state index contributed by atoms with van der Waals surface area (Å²) >= 11 is 5.81. The van der Waals surface area contributed by atoms with E-state index in [0.29, 0.717) is 18.4 Å². The van der Waals surface area contributed by atoms with Gasteiger partial charge in [0.05, 0.1) is 6.61 Å². The van der Waals surface area contributed by atoms with Crippen LogP contribution in [0.4, 0.5) is 0 Å². The molecule has 0 saturated carbocycles. The van der Waals surface area contributed by atoms with Crippen molar-refractivity contribution in [3.05, 3.63) is 52.8 Å². The number of benzene rings is 1. The highest BCUT2D eigenvalue weighted by molar-refractivity contribution is 6.29. The Hall–Kier alpha value is -1.82. The van der Waals surface area contributed by atoms with Gasteiger partial charge in [-0.3, -0.25) is 0 Å². The molecule has 1 aromatic carbocycles. The fourth-order valence-electron chi connectivity index (χ4n) is 2.46. The van der Waals surface area contributed by atoms with Gasteiger partial charge < -0.3 is 19.7 Å². The molecule has 0 bridgehead atoms. The number of halogens is 1. The number of rotatable bonds is 11. The number of pyridine rings is 1. The lowest BCUT2D eigenvalue weighted by molar-refractivity contribution is 0.269. The SMILES string of the molecule is CCOc1cc(CNCCCN(C)C)ccc1OCc1ccc(Cl)nc1. The number of ether oxygens (including phenoxy) is 2. The Morgan fingerprint density at radius 3 is 2.58 bits per heavy atom. The van der Waals surface area contributed by atoms with Crippen LogP contribution in [0.2, 0.25) is 5.15 Å². The highest BCUT2D eigenvalue weighted by Gasteiger charge is 2.07. The van der Waals surface area contributed by atoms with Gasteiger partial charge in [0.25, 0.3) is 0 Å². The minimum Gasteiger partial charge on any atom is -0.490 e. The van der Waals surface area contributed by atoms with Crippen LogP contribution in [0.5, 0.6) is 11.5 Å². The van der Waals surface area contributed by atoms with Crippen LogP contribution in [0.15, 0.2) is 36.5 Å². The van der Waals surface area contributed by atoms with Crippen LogP contribution < -0.4 is 14.8 Å².